The second kappa shape index (κ2) is 50.2. The summed E-state index contributed by atoms with van der Waals surface area (Å²) in [4.78, 5) is 0. The van der Waals surface area contributed by atoms with Crippen molar-refractivity contribution >= 4 is 205 Å². The predicted molar refractivity (Wildman–Crippen MR) is 52.5 cm³/mol. The number of rotatable bonds is 0. The van der Waals surface area contributed by atoms with Gasteiger partial charge >= 0.3 is 151 Å². The smallest absolute Gasteiger partial charge is 2.00 e. The first-order valence-electron chi connectivity index (χ1n) is 0. The Kier molecular flexibility index (Phi) is 394. The van der Waals surface area contributed by atoms with Crippen molar-refractivity contribution in [2.24, 2.45) is 0 Å². The van der Waals surface area contributed by atoms with Crippen LogP contribution in [0.15, 0.2) is 0 Å². The minimum absolute atomic E-state index is 0. The largest absolute Gasteiger partial charge is 2.00 e. The van der Waals surface area contributed by atoms with Gasteiger partial charge in [0.05, 0.1) is 0 Å². The summed E-state index contributed by atoms with van der Waals surface area (Å²) < 4.78 is 0. The Morgan fingerprint density at radius 1 is 0.250 bits per heavy atom. The van der Waals surface area contributed by atoms with Crippen LogP contribution in [-0.4, -0.2) is 151 Å². The second-order valence-corrected chi connectivity index (χ2v) is 0. The Morgan fingerprint density at radius 3 is 0.250 bits per heavy atom. The van der Waals surface area contributed by atoms with Gasteiger partial charge in [0.15, 0.2) is 0 Å². The van der Waals surface area contributed by atoms with Gasteiger partial charge in [-0.05, 0) is 0 Å². The molecule has 0 radical (unpaired) electrons. The molecule has 0 amide bonds. The predicted octanol–water partition coefficient (Wildman–Crippen LogP) is -1.53. The molecule has 0 saturated carbocycles. The maximum Gasteiger partial charge on any atom is 2.00 e. The molecule has 8 heavy (non-hydrogen) atoms. The third kappa shape index (κ3) is 39.3. The molecular formula is Ca4S4. The van der Waals surface area contributed by atoms with E-state index >= 15 is 0 Å². The van der Waals surface area contributed by atoms with E-state index in [1.165, 1.54) is 0 Å². The van der Waals surface area contributed by atoms with Crippen LogP contribution >= 0.6 is 0 Å². The van der Waals surface area contributed by atoms with Crippen molar-refractivity contribution in [2.45, 2.75) is 0 Å². The van der Waals surface area contributed by atoms with Crippen LogP contribution < -0.4 is 0 Å². The van der Waals surface area contributed by atoms with E-state index in [1.807, 2.05) is 0 Å². The summed E-state index contributed by atoms with van der Waals surface area (Å²) in [5, 5.41) is 0. The summed E-state index contributed by atoms with van der Waals surface area (Å²) in [6.45, 7) is 0. The van der Waals surface area contributed by atoms with Crippen LogP contribution in [-0.2, 0) is 54.0 Å². The Bertz CT molecular complexity index is 8.00. The summed E-state index contributed by atoms with van der Waals surface area (Å²) in [5.74, 6) is 0. The van der Waals surface area contributed by atoms with Gasteiger partial charge in [0.1, 0.15) is 0 Å². The fraction of sp³-hybridized carbons (Fsp3) is 0. The molecule has 0 aliphatic rings. The van der Waals surface area contributed by atoms with Crippen LogP contribution in [0.4, 0.5) is 0 Å². The summed E-state index contributed by atoms with van der Waals surface area (Å²) in [7, 11) is 0. The normalized spacial score (nSPS) is 0. The van der Waals surface area contributed by atoms with E-state index in [-0.39, 0.29) is 205 Å². The molecule has 0 aliphatic carbocycles. The van der Waals surface area contributed by atoms with Crippen molar-refractivity contribution in [3.05, 3.63) is 0 Å². The molecule has 32 valence electrons. The van der Waals surface area contributed by atoms with Crippen molar-refractivity contribution in [3.63, 3.8) is 0 Å². The second-order valence-electron chi connectivity index (χ2n) is 0. The van der Waals surface area contributed by atoms with E-state index in [0.717, 1.165) is 0 Å². The maximum absolute atomic E-state index is 0. The van der Waals surface area contributed by atoms with Crippen LogP contribution in [0, 0.1) is 0 Å². The van der Waals surface area contributed by atoms with Crippen molar-refractivity contribution in [1.82, 2.24) is 0 Å². The molecular weight excluding hydrogens is 289 g/mol. The standard InChI is InChI=1S/4Ca.4S/q4*+2;4*-2. The molecule has 0 spiro atoms. The quantitative estimate of drug-likeness (QED) is 0.475. The molecule has 0 aromatic heterocycles. The first kappa shape index (κ1) is 62.9. The van der Waals surface area contributed by atoms with Gasteiger partial charge in [0.25, 0.3) is 0 Å². The average molecular weight is 289 g/mol. The summed E-state index contributed by atoms with van der Waals surface area (Å²) >= 11 is 0. The molecule has 0 nitrogen and oxygen atoms in total. The van der Waals surface area contributed by atoms with Gasteiger partial charge in [-0.25, -0.2) is 0 Å². The first-order chi connectivity index (χ1) is 0. The van der Waals surface area contributed by atoms with E-state index in [2.05, 4.69) is 0 Å². The zero-order valence-corrected chi connectivity index (χ0v) is 16.6. The molecule has 0 aromatic rings. The maximum atomic E-state index is 0. The molecule has 0 atom stereocenters. The van der Waals surface area contributed by atoms with Crippen molar-refractivity contribution in [3.8, 4) is 0 Å². The van der Waals surface area contributed by atoms with Gasteiger partial charge in [-0.3, -0.25) is 0 Å². The SMILES string of the molecule is [Ca+2].[Ca+2].[Ca+2].[Ca+2].[S-2].[S-2].[S-2].[S-2]. The van der Waals surface area contributed by atoms with Gasteiger partial charge in [-0.1, -0.05) is 0 Å². The summed E-state index contributed by atoms with van der Waals surface area (Å²) in [6.07, 6.45) is 0. The van der Waals surface area contributed by atoms with Crippen LogP contribution in [0.2, 0.25) is 0 Å². The summed E-state index contributed by atoms with van der Waals surface area (Å²) in [5.41, 5.74) is 0. The van der Waals surface area contributed by atoms with E-state index in [4.69, 9.17) is 0 Å². The molecule has 0 saturated heterocycles. The van der Waals surface area contributed by atoms with Crippen molar-refractivity contribution < 1.29 is 0 Å². The number of hydrogen-bond donors (Lipinski definition) is 0. The molecule has 0 bridgehead atoms. The fourth-order valence-electron chi connectivity index (χ4n) is 0. The third-order valence-electron chi connectivity index (χ3n) is 0. The van der Waals surface area contributed by atoms with Crippen LogP contribution in [0.5, 0.6) is 0 Å². The number of hydrogen-bond acceptors (Lipinski definition) is 0. The Hall–Kier alpha value is 6.44. The molecule has 0 fully saturated rings. The van der Waals surface area contributed by atoms with E-state index in [9.17, 15) is 0 Å². The fourth-order valence-corrected chi connectivity index (χ4v) is 0. The Balaban J connectivity index is 0. The van der Waals surface area contributed by atoms with Gasteiger partial charge in [0.2, 0.25) is 0 Å². The van der Waals surface area contributed by atoms with E-state index in [1.54, 1.807) is 0 Å². The first-order valence-corrected chi connectivity index (χ1v) is 0. The van der Waals surface area contributed by atoms with Gasteiger partial charge in [-0.15, -0.1) is 0 Å². The molecule has 0 unspecified atom stereocenters. The molecule has 0 aliphatic heterocycles. The van der Waals surface area contributed by atoms with Crippen molar-refractivity contribution in [2.75, 3.05) is 0 Å². The third-order valence-corrected chi connectivity index (χ3v) is 0. The van der Waals surface area contributed by atoms with E-state index < -0.39 is 0 Å². The van der Waals surface area contributed by atoms with Crippen molar-refractivity contribution in [1.29, 1.82) is 0 Å². The van der Waals surface area contributed by atoms with E-state index in [0.29, 0.717) is 0 Å². The van der Waals surface area contributed by atoms with Crippen LogP contribution in [0.25, 0.3) is 0 Å². The molecule has 0 aromatic carbocycles. The van der Waals surface area contributed by atoms with Gasteiger partial charge < -0.3 is 54.0 Å². The summed E-state index contributed by atoms with van der Waals surface area (Å²) in [6, 6.07) is 0. The molecule has 0 N–H and O–H groups in total. The molecule has 0 rings (SSSR count). The minimum Gasteiger partial charge on any atom is -2.00 e. The zero-order valence-electron chi connectivity index (χ0n) is 4.46. The Morgan fingerprint density at radius 2 is 0.250 bits per heavy atom. The Labute approximate surface area is 199 Å². The topological polar surface area (TPSA) is 0 Å². The minimum atomic E-state index is 0. The van der Waals surface area contributed by atoms with Gasteiger partial charge in [-0.2, -0.15) is 0 Å². The van der Waals surface area contributed by atoms with Crippen LogP contribution in [0.3, 0.4) is 0 Å². The zero-order chi connectivity index (χ0) is 0. The monoisotopic (exact) mass is 288 g/mol. The van der Waals surface area contributed by atoms with Crippen LogP contribution in [0.1, 0.15) is 0 Å². The molecule has 8 heteroatoms. The molecule has 0 heterocycles. The average Bonchev–Trinajstić information content (AvgIpc) is 0. The van der Waals surface area contributed by atoms with Gasteiger partial charge in [0, 0.05) is 0 Å².